The van der Waals surface area contributed by atoms with Crippen LogP contribution >= 0.6 is 0 Å². The first-order chi connectivity index (χ1) is 28.3. The van der Waals surface area contributed by atoms with Crippen molar-refractivity contribution in [1.82, 2.24) is 9.55 Å². The normalized spacial score (nSPS) is 11.2. The number of fused-ring (bicyclic) bond motifs is 1. The van der Waals surface area contributed by atoms with Gasteiger partial charge in [0.1, 0.15) is 5.82 Å². The molecule has 10 aromatic rings. The van der Waals surface area contributed by atoms with E-state index < -0.39 is 0 Å². The molecule has 0 saturated heterocycles. The minimum absolute atomic E-state index is 0.926. The summed E-state index contributed by atoms with van der Waals surface area (Å²) in [5, 5.41) is 0. The van der Waals surface area contributed by atoms with Gasteiger partial charge in [-0.25, -0.2) is 4.98 Å². The Balaban J connectivity index is 1.22. The third kappa shape index (κ3) is 6.44. The summed E-state index contributed by atoms with van der Waals surface area (Å²) >= 11 is 0. The summed E-state index contributed by atoms with van der Waals surface area (Å²) in [6.07, 6.45) is 0. The van der Waals surface area contributed by atoms with E-state index in [1.165, 1.54) is 50.1 Å². The molecule has 1 aromatic heterocycles. The van der Waals surface area contributed by atoms with Crippen molar-refractivity contribution >= 4 is 11.0 Å². The van der Waals surface area contributed by atoms with E-state index in [0.717, 1.165) is 44.8 Å². The van der Waals surface area contributed by atoms with E-state index in [2.05, 4.69) is 229 Å². The van der Waals surface area contributed by atoms with Crippen molar-refractivity contribution in [2.75, 3.05) is 0 Å². The fraction of sp³-hybridized carbons (Fsp3) is 0. The van der Waals surface area contributed by atoms with Crippen LogP contribution in [0.5, 0.6) is 0 Å². The number of hydrogen-bond acceptors (Lipinski definition) is 1. The smallest absolute Gasteiger partial charge is 0.145 e. The quantitative estimate of drug-likeness (QED) is 0.152. The van der Waals surface area contributed by atoms with Gasteiger partial charge < -0.3 is 0 Å². The van der Waals surface area contributed by atoms with Gasteiger partial charge in [-0.1, -0.05) is 194 Å². The maximum absolute atomic E-state index is 5.11. The molecule has 0 atom stereocenters. The third-order valence-corrected chi connectivity index (χ3v) is 10.8. The number of benzene rings is 9. The zero-order valence-electron chi connectivity index (χ0n) is 31.3. The zero-order chi connectivity index (χ0) is 38.0. The second kappa shape index (κ2) is 14.9. The molecule has 57 heavy (non-hydrogen) atoms. The van der Waals surface area contributed by atoms with Crippen LogP contribution in [0.3, 0.4) is 0 Å². The van der Waals surface area contributed by atoms with Crippen LogP contribution in [0.1, 0.15) is 0 Å². The fourth-order valence-electron chi connectivity index (χ4n) is 8.22. The van der Waals surface area contributed by atoms with Crippen molar-refractivity contribution in [3.63, 3.8) is 0 Å². The number of imidazole rings is 1. The van der Waals surface area contributed by atoms with Crippen LogP contribution in [-0.2, 0) is 0 Å². The maximum atomic E-state index is 5.11. The van der Waals surface area contributed by atoms with Gasteiger partial charge in [0.2, 0.25) is 0 Å². The van der Waals surface area contributed by atoms with E-state index in [0.29, 0.717) is 0 Å². The predicted octanol–water partition coefficient (Wildman–Crippen LogP) is 14.7. The van der Waals surface area contributed by atoms with E-state index in [1.54, 1.807) is 0 Å². The van der Waals surface area contributed by atoms with Crippen molar-refractivity contribution in [1.29, 1.82) is 0 Å². The first-order valence-corrected chi connectivity index (χ1v) is 19.5. The van der Waals surface area contributed by atoms with Crippen molar-refractivity contribution < 1.29 is 0 Å². The SMILES string of the molecule is c1ccc(-c2cc(-c3cccc(-c4cccc(-n5c(-c6ccccc6)nc6ccccc65)c4)c3)c(-c3ccccc3)c(-c3ccccc3)c2-c2ccccc2)cc1. The lowest BCUT2D eigenvalue weighted by Crippen LogP contribution is -1.98. The van der Waals surface area contributed by atoms with Gasteiger partial charge in [0.05, 0.1) is 11.0 Å². The Morgan fingerprint density at radius 2 is 0.702 bits per heavy atom. The topological polar surface area (TPSA) is 17.8 Å². The Labute approximate surface area is 333 Å². The molecule has 0 aliphatic carbocycles. The Kier molecular flexibility index (Phi) is 8.91. The molecule has 0 aliphatic rings. The molecule has 0 fully saturated rings. The van der Waals surface area contributed by atoms with E-state index in [-0.39, 0.29) is 0 Å². The van der Waals surface area contributed by atoms with Crippen LogP contribution in [0, 0.1) is 0 Å². The highest BCUT2D eigenvalue weighted by Gasteiger charge is 2.24. The molecule has 0 radical (unpaired) electrons. The van der Waals surface area contributed by atoms with Crippen molar-refractivity contribution in [3.05, 3.63) is 231 Å². The molecule has 10 rings (SSSR count). The van der Waals surface area contributed by atoms with Gasteiger partial charge in [0.15, 0.2) is 0 Å². The van der Waals surface area contributed by atoms with Crippen LogP contribution < -0.4 is 0 Å². The monoisotopic (exact) mass is 726 g/mol. The molecule has 0 spiro atoms. The number of para-hydroxylation sites is 2. The predicted molar refractivity (Wildman–Crippen MR) is 239 cm³/mol. The number of hydrogen-bond donors (Lipinski definition) is 0. The second-order valence-corrected chi connectivity index (χ2v) is 14.3. The van der Waals surface area contributed by atoms with Gasteiger partial charge in [0.25, 0.3) is 0 Å². The summed E-state index contributed by atoms with van der Waals surface area (Å²) in [6.45, 7) is 0. The van der Waals surface area contributed by atoms with E-state index in [9.17, 15) is 0 Å². The average Bonchev–Trinajstić information content (AvgIpc) is 3.70. The van der Waals surface area contributed by atoms with Gasteiger partial charge in [0, 0.05) is 11.3 Å². The molecule has 1 heterocycles. The van der Waals surface area contributed by atoms with Gasteiger partial charge in [-0.05, 0) is 103 Å². The summed E-state index contributed by atoms with van der Waals surface area (Å²) < 4.78 is 2.28. The molecule has 0 saturated carbocycles. The van der Waals surface area contributed by atoms with Crippen LogP contribution in [0.15, 0.2) is 231 Å². The lowest BCUT2D eigenvalue weighted by Gasteiger charge is -2.24. The molecule has 0 unspecified atom stereocenters. The first-order valence-electron chi connectivity index (χ1n) is 19.5. The highest BCUT2D eigenvalue weighted by Crippen LogP contribution is 2.50. The Morgan fingerprint density at radius 1 is 0.281 bits per heavy atom. The van der Waals surface area contributed by atoms with Crippen LogP contribution in [-0.4, -0.2) is 9.55 Å². The molecule has 0 bridgehead atoms. The summed E-state index contributed by atoms with van der Waals surface area (Å²) in [5.74, 6) is 0.926. The van der Waals surface area contributed by atoms with Gasteiger partial charge in [-0.2, -0.15) is 0 Å². The number of nitrogens with zero attached hydrogens (tertiary/aromatic N) is 2. The summed E-state index contributed by atoms with van der Waals surface area (Å²) in [4.78, 5) is 5.11. The second-order valence-electron chi connectivity index (χ2n) is 14.3. The van der Waals surface area contributed by atoms with E-state index in [1.807, 2.05) is 6.07 Å². The molecule has 0 N–H and O–H groups in total. The van der Waals surface area contributed by atoms with E-state index in [4.69, 9.17) is 4.98 Å². The highest BCUT2D eigenvalue weighted by molar-refractivity contribution is 6.07. The largest absolute Gasteiger partial charge is 0.292 e. The molecule has 2 heteroatoms. The van der Waals surface area contributed by atoms with Gasteiger partial charge >= 0.3 is 0 Å². The minimum atomic E-state index is 0.926. The summed E-state index contributed by atoms with van der Waals surface area (Å²) in [5.41, 5.74) is 18.4. The van der Waals surface area contributed by atoms with Crippen molar-refractivity contribution in [2.45, 2.75) is 0 Å². The highest BCUT2D eigenvalue weighted by atomic mass is 15.1. The standard InChI is InChI=1S/C55H38N2/c1-6-20-39(21-7-1)48-38-49(53(41-24-10-3-11-25-41)54(42-26-12-4-13-27-42)52(48)40-22-8-2-9-23-40)46-32-18-30-44(36-46)45-31-19-33-47(37-45)57-51-35-17-16-34-50(51)56-55(57)43-28-14-5-15-29-43/h1-38H. The molecular weight excluding hydrogens is 689 g/mol. The van der Waals surface area contributed by atoms with Crippen LogP contribution in [0.4, 0.5) is 0 Å². The Bertz CT molecular complexity index is 2970. The lowest BCUT2D eigenvalue weighted by molar-refractivity contribution is 1.10. The molecule has 268 valence electrons. The van der Waals surface area contributed by atoms with Crippen LogP contribution in [0.25, 0.3) is 94.9 Å². The average molecular weight is 727 g/mol. The number of aromatic nitrogens is 2. The summed E-state index contributed by atoms with van der Waals surface area (Å²) in [7, 11) is 0. The Hall–Kier alpha value is -7.55. The zero-order valence-corrected chi connectivity index (χ0v) is 31.3. The molecule has 2 nitrogen and oxygen atoms in total. The minimum Gasteiger partial charge on any atom is -0.292 e. The molecule has 9 aromatic carbocycles. The summed E-state index contributed by atoms with van der Waals surface area (Å²) in [6, 6.07) is 82.6. The molecule has 0 amide bonds. The van der Waals surface area contributed by atoms with Crippen LogP contribution in [0.2, 0.25) is 0 Å². The fourth-order valence-corrected chi connectivity index (χ4v) is 8.22. The van der Waals surface area contributed by atoms with E-state index >= 15 is 0 Å². The third-order valence-electron chi connectivity index (χ3n) is 10.8. The van der Waals surface area contributed by atoms with Gasteiger partial charge in [-0.3, -0.25) is 4.57 Å². The first kappa shape index (κ1) is 34.0. The molecular formula is C55H38N2. The Morgan fingerprint density at radius 3 is 1.30 bits per heavy atom. The van der Waals surface area contributed by atoms with Gasteiger partial charge in [-0.15, -0.1) is 0 Å². The molecule has 0 aliphatic heterocycles. The maximum Gasteiger partial charge on any atom is 0.145 e. The van der Waals surface area contributed by atoms with Crippen molar-refractivity contribution in [3.8, 4) is 83.8 Å². The number of rotatable bonds is 8. The van der Waals surface area contributed by atoms with Crippen molar-refractivity contribution in [2.24, 2.45) is 0 Å². The lowest BCUT2D eigenvalue weighted by atomic mass is 9.78.